The lowest BCUT2D eigenvalue weighted by atomic mass is 9.83. The molecule has 3 aliphatic rings. The van der Waals surface area contributed by atoms with Crippen LogP contribution in [0.1, 0.15) is 52.6 Å². The molecular formula is C55H39N3O. The van der Waals surface area contributed by atoms with Crippen molar-refractivity contribution in [1.82, 2.24) is 0 Å². The second-order valence-corrected chi connectivity index (χ2v) is 16.1. The van der Waals surface area contributed by atoms with Crippen molar-refractivity contribution in [3.63, 3.8) is 0 Å². The smallest absolute Gasteiger partial charge is 0.160 e. The molecule has 8 aromatic carbocycles. The summed E-state index contributed by atoms with van der Waals surface area (Å²) in [6, 6.07) is 60.9. The third kappa shape index (κ3) is 5.51. The molecular weight excluding hydrogens is 719 g/mol. The van der Waals surface area contributed by atoms with Crippen LogP contribution in [0.3, 0.4) is 0 Å². The van der Waals surface area contributed by atoms with Gasteiger partial charge in [0.05, 0.1) is 22.8 Å². The minimum Gasteiger partial charge on any atom is -0.456 e. The lowest BCUT2D eigenvalue weighted by Crippen LogP contribution is -2.20. The fourth-order valence-corrected chi connectivity index (χ4v) is 9.74. The Bertz CT molecular complexity index is 3310. The van der Waals surface area contributed by atoms with E-state index in [2.05, 4.69) is 188 Å². The number of anilines is 2. The zero-order chi connectivity index (χ0) is 39.0. The minimum atomic E-state index is 0.0649. The molecule has 0 saturated heterocycles. The number of furan rings is 1. The summed E-state index contributed by atoms with van der Waals surface area (Å²) in [6.45, 7) is 2.30. The summed E-state index contributed by atoms with van der Waals surface area (Å²) in [5, 5.41) is 7.16. The molecule has 2 aliphatic heterocycles. The Morgan fingerprint density at radius 3 is 2.25 bits per heavy atom. The molecule has 12 rings (SSSR count). The molecule has 59 heavy (non-hydrogen) atoms. The minimum absolute atomic E-state index is 0.0649. The zero-order valence-corrected chi connectivity index (χ0v) is 32.6. The first-order chi connectivity index (χ1) is 29.1. The van der Waals surface area contributed by atoms with Crippen molar-refractivity contribution in [1.29, 1.82) is 0 Å². The van der Waals surface area contributed by atoms with Crippen molar-refractivity contribution in [2.24, 2.45) is 15.9 Å². The van der Waals surface area contributed by atoms with Crippen LogP contribution in [0.2, 0.25) is 0 Å². The van der Waals surface area contributed by atoms with Gasteiger partial charge in [0.25, 0.3) is 0 Å². The van der Waals surface area contributed by atoms with Gasteiger partial charge in [0.2, 0.25) is 0 Å². The number of para-hydroxylation sites is 1. The molecule has 4 heteroatoms. The van der Waals surface area contributed by atoms with Crippen LogP contribution in [0.15, 0.2) is 196 Å². The van der Waals surface area contributed by atoms with Crippen molar-refractivity contribution in [2.75, 3.05) is 4.90 Å². The Morgan fingerprint density at radius 2 is 1.36 bits per heavy atom. The number of nitrogens with zero attached hydrogens (tertiary/aromatic N) is 3. The topological polar surface area (TPSA) is 41.1 Å². The summed E-state index contributed by atoms with van der Waals surface area (Å²) in [5.74, 6) is 0.978. The number of aliphatic imine (C=N–C) groups is 2. The molecule has 0 radical (unpaired) electrons. The normalized spacial score (nSPS) is 20.1. The molecule has 1 aliphatic carbocycles. The van der Waals surface area contributed by atoms with E-state index in [9.17, 15) is 0 Å². The highest BCUT2D eigenvalue weighted by atomic mass is 16.3. The van der Waals surface area contributed by atoms with Gasteiger partial charge in [-0.15, -0.1) is 0 Å². The van der Waals surface area contributed by atoms with E-state index in [1.165, 1.54) is 49.6 Å². The van der Waals surface area contributed by atoms with Crippen molar-refractivity contribution in [2.45, 2.75) is 25.7 Å². The maximum absolute atomic E-state index is 6.80. The average molecular weight is 758 g/mol. The summed E-state index contributed by atoms with van der Waals surface area (Å²) in [7, 11) is 0. The maximum atomic E-state index is 6.80. The van der Waals surface area contributed by atoms with Gasteiger partial charge in [-0.05, 0) is 81.4 Å². The lowest BCUT2D eigenvalue weighted by molar-refractivity contribution is 0.669. The molecule has 1 aromatic heterocycles. The highest BCUT2D eigenvalue weighted by Crippen LogP contribution is 2.55. The highest BCUT2D eigenvalue weighted by molar-refractivity contribution is 6.23. The van der Waals surface area contributed by atoms with Gasteiger partial charge in [-0.1, -0.05) is 153 Å². The predicted octanol–water partition coefficient (Wildman–Crippen LogP) is 14.0. The first-order valence-electron chi connectivity index (χ1n) is 20.6. The van der Waals surface area contributed by atoms with Crippen LogP contribution < -0.4 is 4.90 Å². The molecule has 0 spiro atoms. The van der Waals surface area contributed by atoms with Crippen molar-refractivity contribution in [3.8, 4) is 0 Å². The molecule has 9 aromatic rings. The van der Waals surface area contributed by atoms with Crippen LogP contribution in [-0.4, -0.2) is 11.5 Å². The molecule has 4 nitrogen and oxygen atoms in total. The van der Waals surface area contributed by atoms with Crippen LogP contribution >= 0.6 is 0 Å². The Labute approximate surface area is 342 Å². The van der Waals surface area contributed by atoms with Crippen molar-refractivity contribution in [3.05, 3.63) is 215 Å². The quantitative estimate of drug-likeness (QED) is 0.179. The number of amidine groups is 1. The van der Waals surface area contributed by atoms with Gasteiger partial charge in [0.15, 0.2) is 5.84 Å². The van der Waals surface area contributed by atoms with Crippen LogP contribution in [-0.2, 0) is 6.42 Å². The third-order valence-corrected chi connectivity index (χ3v) is 12.6. The van der Waals surface area contributed by atoms with Gasteiger partial charge in [0, 0.05) is 51.1 Å². The highest BCUT2D eigenvalue weighted by Gasteiger charge is 2.39. The Hall–Kier alpha value is -7.30. The average Bonchev–Trinajstić information content (AvgIpc) is 3.82. The van der Waals surface area contributed by atoms with Crippen LogP contribution in [0.4, 0.5) is 11.4 Å². The fraction of sp³-hybridized carbons (Fsp3) is 0.0909. The first kappa shape index (κ1) is 33.8. The molecule has 0 N–H and O–H groups in total. The van der Waals surface area contributed by atoms with E-state index < -0.39 is 0 Å². The molecule has 3 heterocycles. The molecule has 0 bridgehead atoms. The van der Waals surface area contributed by atoms with Crippen molar-refractivity contribution >= 4 is 78.2 Å². The summed E-state index contributed by atoms with van der Waals surface area (Å²) in [6.07, 6.45) is 6.44. The number of fused-ring (bicyclic) bond motifs is 10. The van der Waals surface area contributed by atoms with E-state index in [1.807, 2.05) is 6.07 Å². The third-order valence-electron chi connectivity index (χ3n) is 12.6. The molecule has 0 amide bonds. The number of benzene rings is 8. The SMILES string of the molecule is CC1C/C=C(c2ccc3ccccc3c2)/N=C(c2ccccc2)\N=C/1c1cc(N2C3=Cc4ccccc4CC3c3c2ccc2ccccc32)cc2oc3ccccc3c12. The van der Waals surface area contributed by atoms with E-state index >= 15 is 0 Å². The van der Waals surface area contributed by atoms with Gasteiger partial charge in [-0.25, -0.2) is 9.98 Å². The van der Waals surface area contributed by atoms with E-state index in [0.29, 0.717) is 5.84 Å². The first-order valence-corrected chi connectivity index (χ1v) is 20.6. The second-order valence-electron chi connectivity index (χ2n) is 16.1. The Morgan fingerprint density at radius 1 is 0.610 bits per heavy atom. The van der Waals surface area contributed by atoms with Gasteiger partial charge in [0.1, 0.15) is 11.2 Å². The Kier molecular flexibility index (Phi) is 7.67. The largest absolute Gasteiger partial charge is 0.456 e. The molecule has 280 valence electrons. The summed E-state index contributed by atoms with van der Waals surface area (Å²) in [4.78, 5) is 13.5. The second kappa shape index (κ2) is 13.4. The fourth-order valence-electron chi connectivity index (χ4n) is 9.74. The summed E-state index contributed by atoms with van der Waals surface area (Å²) >= 11 is 0. The molecule has 0 saturated carbocycles. The van der Waals surface area contributed by atoms with Gasteiger partial charge < -0.3 is 9.32 Å². The number of allylic oxidation sites excluding steroid dienone is 2. The Balaban J connectivity index is 1.10. The maximum Gasteiger partial charge on any atom is 0.160 e. The van der Waals surface area contributed by atoms with Gasteiger partial charge in [-0.3, -0.25) is 0 Å². The van der Waals surface area contributed by atoms with E-state index in [4.69, 9.17) is 14.4 Å². The number of hydrogen-bond donors (Lipinski definition) is 0. The molecule has 2 atom stereocenters. The van der Waals surface area contributed by atoms with Crippen LogP contribution in [0.25, 0.3) is 55.3 Å². The monoisotopic (exact) mass is 757 g/mol. The number of rotatable bonds is 4. The van der Waals surface area contributed by atoms with Gasteiger partial charge >= 0.3 is 0 Å². The zero-order valence-electron chi connectivity index (χ0n) is 32.6. The van der Waals surface area contributed by atoms with Crippen LogP contribution in [0.5, 0.6) is 0 Å². The van der Waals surface area contributed by atoms with E-state index in [-0.39, 0.29) is 11.8 Å². The summed E-state index contributed by atoms with van der Waals surface area (Å²) in [5.41, 5.74) is 14.4. The van der Waals surface area contributed by atoms with E-state index in [1.54, 1.807) is 0 Å². The van der Waals surface area contributed by atoms with Gasteiger partial charge in [-0.2, -0.15) is 0 Å². The van der Waals surface area contributed by atoms with E-state index in [0.717, 1.165) is 68.6 Å². The van der Waals surface area contributed by atoms with Crippen molar-refractivity contribution < 1.29 is 4.42 Å². The lowest BCUT2D eigenvalue weighted by Gasteiger charge is -2.28. The molecule has 0 fully saturated rings. The summed E-state index contributed by atoms with van der Waals surface area (Å²) < 4.78 is 6.80. The number of hydrogen-bond acceptors (Lipinski definition) is 4. The predicted molar refractivity (Wildman–Crippen MR) is 246 cm³/mol. The molecule has 2 unspecified atom stereocenters. The standard InChI is InChI=1S/C55H39N3O/c1-34-23-27-47(41-25-24-35-13-5-6-17-38(35)29-41)56-55(37-15-3-2-4-16-37)57-54(34)46-32-42(33-51-53(46)44-21-11-12-22-50(44)59-51)58-48-28-26-36-14-9-10-20-43(36)52(48)45-30-39-18-7-8-19-40(39)31-49(45)58/h2-22,24-29,31-34,45H,23,30H2,1H3/b47-27+,56-55-,57-54+. The van der Waals surface area contributed by atoms with Crippen LogP contribution in [0, 0.1) is 5.92 Å².